The number of amides is 1. The normalized spacial score (nSPS) is 10.2. The number of carboxylic acid groups (broad SMARTS) is 1. The Morgan fingerprint density at radius 2 is 1.95 bits per heavy atom. The van der Waals surface area contributed by atoms with E-state index in [0.29, 0.717) is 18.7 Å². The number of aliphatic carboxylic acids is 1. The summed E-state index contributed by atoms with van der Waals surface area (Å²) in [5, 5.41) is 11.3. The van der Waals surface area contributed by atoms with Crippen LogP contribution in [0.5, 0.6) is 0 Å². The molecule has 0 atom stereocenters. The SMILES string of the molecule is CCCOCC(=O)Nc1ccc(CCC(=O)O)cc1. The maximum absolute atomic E-state index is 11.5. The van der Waals surface area contributed by atoms with Crippen LogP contribution in [0.4, 0.5) is 5.69 Å². The lowest BCUT2D eigenvalue weighted by Gasteiger charge is -2.06. The molecule has 0 saturated carbocycles. The number of nitrogens with one attached hydrogen (secondary N) is 1. The van der Waals surface area contributed by atoms with E-state index in [1.165, 1.54) is 0 Å². The van der Waals surface area contributed by atoms with Crippen LogP contribution in [-0.2, 0) is 20.7 Å². The number of carboxylic acids is 1. The van der Waals surface area contributed by atoms with Gasteiger partial charge in [0.25, 0.3) is 0 Å². The van der Waals surface area contributed by atoms with Gasteiger partial charge in [-0.3, -0.25) is 9.59 Å². The Balaban J connectivity index is 2.39. The second-order valence-electron chi connectivity index (χ2n) is 4.19. The van der Waals surface area contributed by atoms with Crippen molar-refractivity contribution in [1.29, 1.82) is 0 Å². The number of ether oxygens (including phenoxy) is 1. The van der Waals surface area contributed by atoms with Crippen LogP contribution in [0.15, 0.2) is 24.3 Å². The van der Waals surface area contributed by atoms with Crippen LogP contribution >= 0.6 is 0 Å². The molecule has 0 aliphatic heterocycles. The minimum Gasteiger partial charge on any atom is -0.481 e. The summed E-state index contributed by atoms with van der Waals surface area (Å²) in [5.74, 6) is -1.00. The molecule has 0 fully saturated rings. The zero-order valence-electron chi connectivity index (χ0n) is 11.0. The molecular formula is C14H19NO4. The first-order valence-corrected chi connectivity index (χ1v) is 6.30. The van der Waals surface area contributed by atoms with Gasteiger partial charge in [0.1, 0.15) is 6.61 Å². The average molecular weight is 265 g/mol. The van der Waals surface area contributed by atoms with Crippen molar-refractivity contribution in [2.75, 3.05) is 18.5 Å². The molecule has 1 aromatic rings. The third-order valence-electron chi connectivity index (χ3n) is 2.45. The number of anilines is 1. The van der Waals surface area contributed by atoms with Crippen LogP contribution < -0.4 is 5.32 Å². The molecule has 0 bridgehead atoms. The molecule has 0 heterocycles. The van der Waals surface area contributed by atoms with Crippen molar-refractivity contribution in [3.05, 3.63) is 29.8 Å². The van der Waals surface area contributed by atoms with Gasteiger partial charge in [-0.05, 0) is 30.5 Å². The largest absolute Gasteiger partial charge is 0.481 e. The molecule has 1 amide bonds. The zero-order valence-corrected chi connectivity index (χ0v) is 11.0. The summed E-state index contributed by atoms with van der Waals surface area (Å²) in [6.07, 6.45) is 1.48. The Kier molecular flexibility index (Phi) is 6.60. The molecule has 0 saturated heterocycles. The van der Waals surface area contributed by atoms with Crippen LogP contribution in [0.2, 0.25) is 0 Å². The summed E-state index contributed by atoms with van der Waals surface area (Å²) >= 11 is 0. The van der Waals surface area contributed by atoms with E-state index in [1.54, 1.807) is 12.1 Å². The fourth-order valence-electron chi connectivity index (χ4n) is 1.51. The molecule has 0 aliphatic carbocycles. The molecule has 0 radical (unpaired) electrons. The molecule has 0 aromatic heterocycles. The van der Waals surface area contributed by atoms with Gasteiger partial charge < -0.3 is 15.2 Å². The van der Waals surface area contributed by atoms with Crippen molar-refractivity contribution in [2.24, 2.45) is 0 Å². The van der Waals surface area contributed by atoms with E-state index in [4.69, 9.17) is 9.84 Å². The fourth-order valence-corrected chi connectivity index (χ4v) is 1.51. The minimum atomic E-state index is -0.814. The van der Waals surface area contributed by atoms with Crippen molar-refractivity contribution in [2.45, 2.75) is 26.2 Å². The lowest BCUT2D eigenvalue weighted by Crippen LogP contribution is -2.18. The number of rotatable bonds is 8. The summed E-state index contributed by atoms with van der Waals surface area (Å²) in [6, 6.07) is 7.14. The molecule has 0 spiro atoms. The van der Waals surface area contributed by atoms with Gasteiger partial charge in [0, 0.05) is 18.7 Å². The first kappa shape index (κ1) is 15.2. The third kappa shape index (κ3) is 6.57. The molecule has 1 aromatic carbocycles. The van der Waals surface area contributed by atoms with E-state index in [-0.39, 0.29) is 18.9 Å². The van der Waals surface area contributed by atoms with E-state index in [1.807, 2.05) is 19.1 Å². The molecule has 1 rings (SSSR count). The smallest absolute Gasteiger partial charge is 0.303 e. The van der Waals surface area contributed by atoms with E-state index in [2.05, 4.69) is 5.32 Å². The number of aryl methyl sites for hydroxylation is 1. The van der Waals surface area contributed by atoms with Gasteiger partial charge in [-0.1, -0.05) is 19.1 Å². The van der Waals surface area contributed by atoms with E-state index >= 15 is 0 Å². The number of carbonyl (C=O) groups is 2. The van der Waals surface area contributed by atoms with Crippen molar-refractivity contribution >= 4 is 17.6 Å². The van der Waals surface area contributed by atoms with E-state index in [0.717, 1.165) is 12.0 Å². The highest BCUT2D eigenvalue weighted by atomic mass is 16.5. The van der Waals surface area contributed by atoms with E-state index in [9.17, 15) is 9.59 Å². The highest BCUT2D eigenvalue weighted by Crippen LogP contribution is 2.11. The molecule has 2 N–H and O–H groups in total. The quantitative estimate of drug-likeness (QED) is 0.705. The predicted octanol–water partition coefficient (Wildman–Crippen LogP) is 2.07. The summed E-state index contributed by atoms with van der Waals surface area (Å²) in [7, 11) is 0. The van der Waals surface area contributed by atoms with Crippen LogP contribution in [0.3, 0.4) is 0 Å². The van der Waals surface area contributed by atoms with Crippen LogP contribution in [0.1, 0.15) is 25.3 Å². The third-order valence-corrected chi connectivity index (χ3v) is 2.45. The molecule has 5 nitrogen and oxygen atoms in total. The van der Waals surface area contributed by atoms with Crippen molar-refractivity contribution in [1.82, 2.24) is 0 Å². The van der Waals surface area contributed by atoms with E-state index < -0.39 is 5.97 Å². The van der Waals surface area contributed by atoms with Gasteiger partial charge in [-0.25, -0.2) is 0 Å². The molecule has 104 valence electrons. The van der Waals surface area contributed by atoms with Gasteiger partial charge >= 0.3 is 5.97 Å². The zero-order chi connectivity index (χ0) is 14.1. The lowest BCUT2D eigenvalue weighted by molar-refractivity contribution is -0.137. The number of hydrogen-bond donors (Lipinski definition) is 2. The van der Waals surface area contributed by atoms with Gasteiger partial charge in [0.05, 0.1) is 0 Å². The number of benzene rings is 1. The second-order valence-corrected chi connectivity index (χ2v) is 4.19. The monoisotopic (exact) mass is 265 g/mol. The van der Waals surface area contributed by atoms with Crippen LogP contribution in [0.25, 0.3) is 0 Å². The molecule has 5 heteroatoms. The average Bonchev–Trinajstić information content (AvgIpc) is 2.38. The summed E-state index contributed by atoms with van der Waals surface area (Å²) in [5.41, 5.74) is 1.62. The molecule has 19 heavy (non-hydrogen) atoms. The number of carbonyl (C=O) groups excluding carboxylic acids is 1. The van der Waals surface area contributed by atoms with Crippen molar-refractivity contribution in [3.8, 4) is 0 Å². The Bertz CT molecular complexity index is 414. The Hall–Kier alpha value is -1.88. The molecule has 0 aliphatic rings. The Labute approximate surface area is 112 Å². The van der Waals surface area contributed by atoms with Crippen molar-refractivity contribution in [3.63, 3.8) is 0 Å². The summed E-state index contributed by atoms with van der Waals surface area (Å²) in [4.78, 5) is 21.9. The van der Waals surface area contributed by atoms with Crippen molar-refractivity contribution < 1.29 is 19.4 Å². The highest BCUT2D eigenvalue weighted by molar-refractivity contribution is 5.91. The maximum Gasteiger partial charge on any atom is 0.303 e. The predicted molar refractivity (Wildman–Crippen MR) is 72.1 cm³/mol. The van der Waals surface area contributed by atoms with Gasteiger partial charge in [0.15, 0.2) is 0 Å². The van der Waals surface area contributed by atoms with Crippen LogP contribution in [-0.4, -0.2) is 30.2 Å². The van der Waals surface area contributed by atoms with Crippen LogP contribution in [0, 0.1) is 0 Å². The van der Waals surface area contributed by atoms with Gasteiger partial charge in [-0.2, -0.15) is 0 Å². The first-order chi connectivity index (χ1) is 9.11. The standard InChI is InChI=1S/C14H19NO4/c1-2-9-19-10-13(16)15-12-6-3-11(4-7-12)5-8-14(17)18/h3-4,6-7H,2,5,8-10H2,1H3,(H,15,16)(H,17,18). The molecular weight excluding hydrogens is 246 g/mol. The highest BCUT2D eigenvalue weighted by Gasteiger charge is 2.03. The first-order valence-electron chi connectivity index (χ1n) is 6.30. The Morgan fingerprint density at radius 3 is 2.53 bits per heavy atom. The van der Waals surface area contributed by atoms with Gasteiger partial charge in [0.2, 0.25) is 5.91 Å². The minimum absolute atomic E-state index is 0.0502. The molecule has 0 unspecified atom stereocenters. The summed E-state index contributed by atoms with van der Waals surface area (Å²) < 4.78 is 5.13. The topological polar surface area (TPSA) is 75.6 Å². The summed E-state index contributed by atoms with van der Waals surface area (Å²) in [6.45, 7) is 2.60. The van der Waals surface area contributed by atoms with Gasteiger partial charge in [-0.15, -0.1) is 0 Å². The second kappa shape index (κ2) is 8.26. The Morgan fingerprint density at radius 1 is 1.26 bits per heavy atom. The lowest BCUT2D eigenvalue weighted by atomic mass is 10.1. The maximum atomic E-state index is 11.5. The fraction of sp³-hybridized carbons (Fsp3) is 0.429. The number of hydrogen-bond acceptors (Lipinski definition) is 3.